The number of nitrogens with zero attached hydrogens (tertiary/aromatic N) is 2. The largest absolute Gasteiger partial charge is 0.457 e. The van der Waals surface area contributed by atoms with Crippen LogP contribution in [0.15, 0.2) is 58.5 Å². The smallest absolute Gasteiger partial charge is 0.270 e. The Bertz CT molecular complexity index is 1210. The first kappa shape index (κ1) is 21.4. The van der Waals surface area contributed by atoms with Crippen molar-refractivity contribution in [1.29, 1.82) is 5.26 Å². The Morgan fingerprint density at radius 3 is 2.40 bits per heavy atom. The van der Waals surface area contributed by atoms with Crippen LogP contribution in [-0.4, -0.2) is 10.8 Å². The van der Waals surface area contributed by atoms with E-state index in [1.807, 2.05) is 0 Å². The van der Waals surface area contributed by atoms with E-state index in [1.54, 1.807) is 30.3 Å². The van der Waals surface area contributed by atoms with E-state index in [9.17, 15) is 20.2 Å². The van der Waals surface area contributed by atoms with E-state index in [4.69, 9.17) is 39.2 Å². The van der Waals surface area contributed by atoms with Crippen LogP contribution >= 0.6 is 34.8 Å². The zero-order chi connectivity index (χ0) is 21.8. The normalized spacial score (nSPS) is 11.1. The summed E-state index contributed by atoms with van der Waals surface area (Å²) in [5.74, 6) is -0.205. The number of nitrogens with one attached hydrogen (secondary N) is 1. The minimum Gasteiger partial charge on any atom is -0.457 e. The van der Waals surface area contributed by atoms with Crippen LogP contribution in [0.2, 0.25) is 15.1 Å². The van der Waals surface area contributed by atoms with Crippen LogP contribution < -0.4 is 5.32 Å². The summed E-state index contributed by atoms with van der Waals surface area (Å²) in [7, 11) is 0. The van der Waals surface area contributed by atoms with Gasteiger partial charge < -0.3 is 9.73 Å². The Kier molecular flexibility index (Phi) is 6.43. The molecule has 0 saturated carbocycles. The fourth-order valence-electron chi connectivity index (χ4n) is 2.48. The van der Waals surface area contributed by atoms with E-state index in [0.29, 0.717) is 11.3 Å². The molecule has 1 aromatic heterocycles. The number of nitro benzene ring substituents is 1. The fourth-order valence-corrected chi connectivity index (χ4v) is 3.24. The van der Waals surface area contributed by atoms with E-state index in [2.05, 4.69) is 5.32 Å². The predicted molar refractivity (Wildman–Crippen MR) is 114 cm³/mol. The van der Waals surface area contributed by atoms with Crippen LogP contribution in [0, 0.1) is 21.4 Å². The summed E-state index contributed by atoms with van der Waals surface area (Å²) in [6.07, 6.45) is 1.24. The molecule has 0 unspecified atom stereocenters. The fraction of sp³-hybridized carbons (Fsp3) is 0. The van der Waals surface area contributed by atoms with Crippen molar-refractivity contribution in [1.82, 2.24) is 0 Å². The molecule has 0 aliphatic rings. The molecule has 7 nitrogen and oxygen atoms in total. The topological polar surface area (TPSA) is 109 Å². The van der Waals surface area contributed by atoms with Gasteiger partial charge in [-0.15, -0.1) is 0 Å². The van der Waals surface area contributed by atoms with E-state index in [0.717, 1.165) is 0 Å². The summed E-state index contributed by atoms with van der Waals surface area (Å²) in [5, 5.41) is 23.2. The number of anilines is 1. The highest BCUT2D eigenvalue weighted by Crippen LogP contribution is 2.33. The van der Waals surface area contributed by atoms with Gasteiger partial charge in [-0.3, -0.25) is 14.9 Å². The van der Waals surface area contributed by atoms with Crippen molar-refractivity contribution >= 4 is 58.2 Å². The molecule has 3 rings (SSSR count). The van der Waals surface area contributed by atoms with Crippen LogP contribution in [0.25, 0.3) is 17.4 Å². The third kappa shape index (κ3) is 4.63. The molecule has 1 heterocycles. The Morgan fingerprint density at radius 1 is 1.10 bits per heavy atom. The van der Waals surface area contributed by atoms with E-state index < -0.39 is 10.8 Å². The van der Waals surface area contributed by atoms with E-state index in [1.165, 1.54) is 30.3 Å². The lowest BCUT2D eigenvalue weighted by Crippen LogP contribution is -2.14. The summed E-state index contributed by atoms with van der Waals surface area (Å²) < 4.78 is 5.62. The average Bonchev–Trinajstić information content (AvgIpc) is 3.17. The highest BCUT2D eigenvalue weighted by atomic mass is 35.5. The molecule has 2 aromatic carbocycles. The van der Waals surface area contributed by atoms with Crippen molar-refractivity contribution in [2.75, 3.05) is 5.32 Å². The SMILES string of the molecule is N#C/C(=C\c1ccc(-c2ccc([N+](=O)[O-])cc2Cl)o1)C(=O)Nc1c(Cl)cccc1Cl. The van der Waals surface area contributed by atoms with Crippen molar-refractivity contribution in [3.8, 4) is 17.4 Å². The third-order valence-electron chi connectivity index (χ3n) is 3.91. The lowest BCUT2D eigenvalue weighted by atomic mass is 10.1. The van der Waals surface area contributed by atoms with Crippen molar-refractivity contribution in [2.24, 2.45) is 0 Å². The first-order valence-corrected chi connectivity index (χ1v) is 9.35. The zero-order valence-corrected chi connectivity index (χ0v) is 17.1. The lowest BCUT2D eigenvalue weighted by molar-refractivity contribution is -0.384. The van der Waals surface area contributed by atoms with Crippen LogP contribution in [0.1, 0.15) is 5.76 Å². The number of hydrogen-bond donors (Lipinski definition) is 1. The molecule has 150 valence electrons. The monoisotopic (exact) mass is 461 g/mol. The van der Waals surface area contributed by atoms with E-state index >= 15 is 0 Å². The molecule has 0 saturated heterocycles. The van der Waals surface area contributed by atoms with Gasteiger partial charge in [0.15, 0.2) is 0 Å². The second kappa shape index (κ2) is 9.01. The summed E-state index contributed by atoms with van der Waals surface area (Å²) >= 11 is 18.1. The second-order valence-electron chi connectivity index (χ2n) is 5.84. The maximum atomic E-state index is 12.4. The second-order valence-corrected chi connectivity index (χ2v) is 7.07. The molecular formula is C20H10Cl3N3O4. The number of para-hydroxylation sites is 1. The number of non-ortho nitro benzene ring substituents is 1. The Hall–Kier alpha value is -3.31. The average molecular weight is 463 g/mol. The quantitative estimate of drug-likeness (QED) is 0.205. The van der Waals surface area contributed by atoms with Gasteiger partial charge in [-0.05, 0) is 30.3 Å². The maximum absolute atomic E-state index is 12.4. The number of amides is 1. The Morgan fingerprint density at radius 2 is 1.80 bits per heavy atom. The van der Waals surface area contributed by atoms with Gasteiger partial charge in [0.25, 0.3) is 11.6 Å². The molecule has 0 aliphatic heterocycles. The van der Waals surface area contributed by atoms with Gasteiger partial charge in [-0.25, -0.2) is 0 Å². The number of nitro groups is 1. The summed E-state index contributed by atoms with van der Waals surface area (Å²) in [6.45, 7) is 0. The predicted octanol–water partition coefficient (Wildman–Crippen LogP) is 6.36. The number of rotatable bonds is 5. The standard InChI is InChI=1S/C20H10Cl3N3O4/c21-15-2-1-3-16(22)19(15)25-20(27)11(10-24)8-13-5-7-18(30-13)14-6-4-12(26(28)29)9-17(14)23/h1-9H,(H,25,27)/b11-8+. The number of halogens is 3. The number of hydrogen-bond acceptors (Lipinski definition) is 5. The minimum absolute atomic E-state index is 0.126. The number of benzene rings is 2. The first-order chi connectivity index (χ1) is 14.3. The van der Waals surface area contributed by atoms with Crippen molar-refractivity contribution in [2.45, 2.75) is 0 Å². The third-order valence-corrected chi connectivity index (χ3v) is 4.85. The van der Waals surface area contributed by atoms with Crippen LogP contribution in [0.5, 0.6) is 0 Å². The number of carbonyl (C=O) groups is 1. The molecule has 1 amide bonds. The molecule has 0 spiro atoms. The van der Waals surface area contributed by atoms with Gasteiger partial charge in [0.05, 0.1) is 25.7 Å². The molecular weight excluding hydrogens is 453 g/mol. The maximum Gasteiger partial charge on any atom is 0.270 e. The molecule has 0 atom stereocenters. The highest BCUT2D eigenvalue weighted by molar-refractivity contribution is 6.40. The van der Waals surface area contributed by atoms with Crippen molar-refractivity contribution in [3.63, 3.8) is 0 Å². The van der Waals surface area contributed by atoms with E-state index in [-0.39, 0.29) is 37.8 Å². The Balaban J connectivity index is 1.86. The molecule has 1 N–H and O–H groups in total. The molecule has 10 heteroatoms. The van der Waals surface area contributed by atoms with Crippen molar-refractivity contribution in [3.05, 3.63) is 85.0 Å². The summed E-state index contributed by atoms with van der Waals surface area (Å²) in [5.41, 5.74) is 0.205. The molecule has 30 heavy (non-hydrogen) atoms. The minimum atomic E-state index is -0.723. The number of nitriles is 1. The highest BCUT2D eigenvalue weighted by Gasteiger charge is 2.16. The Labute approximate surface area is 185 Å². The summed E-state index contributed by atoms with van der Waals surface area (Å²) in [4.78, 5) is 22.7. The van der Waals surface area contributed by atoms with Gasteiger partial charge in [-0.1, -0.05) is 40.9 Å². The van der Waals surface area contributed by atoms with Gasteiger partial charge in [0, 0.05) is 23.8 Å². The molecule has 3 aromatic rings. The molecule has 0 bridgehead atoms. The van der Waals surface area contributed by atoms with Gasteiger partial charge >= 0.3 is 0 Å². The molecule has 0 aliphatic carbocycles. The van der Waals surface area contributed by atoms with Gasteiger partial charge in [0.1, 0.15) is 23.2 Å². The lowest BCUT2D eigenvalue weighted by Gasteiger charge is -2.08. The van der Waals surface area contributed by atoms with Gasteiger partial charge in [-0.2, -0.15) is 5.26 Å². The van der Waals surface area contributed by atoms with Crippen LogP contribution in [0.4, 0.5) is 11.4 Å². The van der Waals surface area contributed by atoms with Crippen LogP contribution in [0.3, 0.4) is 0 Å². The summed E-state index contributed by atoms with van der Waals surface area (Å²) in [6, 6.07) is 13.5. The molecule has 0 radical (unpaired) electrons. The zero-order valence-electron chi connectivity index (χ0n) is 14.9. The molecule has 0 fully saturated rings. The van der Waals surface area contributed by atoms with Crippen LogP contribution in [-0.2, 0) is 4.79 Å². The first-order valence-electron chi connectivity index (χ1n) is 8.21. The number of furan rings is 1. The van der Waals surface area contributed by atoms with Crippen molar-refractivity contribution < 1.29 is 14.1 Å². The number of carbonyl (C=O) groups excluding carboxylic acids is 1. The van der Waals surface area contributed by atoms with Gasteiger partial charge in [0.2, 0.25) is 0 Å².